The number of carbonyl (C=O) groups is 1. The Balaban J connectivity index is 1.48. The van der Waals surface area contributed by atoms with Gasteiger partial charge in [0.05, 0.1) is 48.1 Å². The Morgan fingerprint density at radius 1 is 1.18 bits per heavy atom. The first-order chi connectivity index (χ1) is 18.5. The zero-order valence-electron chi connectivity index (χ0n) is 23.2. The molecule has 39 heavy (non-hydrogen) atoms. The summed E-state index contributed by atoms with van der Waals surface area (Å²) in [5, 5.41) is 2.94. The number of anilines is 2. The highest BCUT2D eigenvalue weighted by molar-refractivity contribution is 6.59. The zero-order chi connectivity index (χ0) is 28.3. The van der Waals surface area contributed by atoms with Gasteiger partial charge in [-0.1, -0.05) is 24.5 Å². The molecule has 0 aliphatic carbocycles. The molecule has 1 aliphatic rings. The maximum absolute atomic E-state index is 12.4. The highest BCUT2D eigenvalue weighted by Crippen LogP contribution is 2.26. The van der Waals surface area contributed by atoms with Gasteiger partial charge in [0.25, 0.3) is 0 Å². The molecule has 14 heteroatoms. The number of carbonyl (C=O) groups excluding carboxylic acids is 1. The number of pyridine rings is 1. The minimum atomic E-state index is -1.56. The topological polar surface area (TPSA) is 118 Å². The Hall–Kier alpha value is -3.28. The van der Waals surface area contributed by atoms with Crippen molar-refractivity contribution >= 4 is 46.7 Å². The quantitative estimate of drug-likeness (QED) is 0.374. The summed E-state index contributed by atoms with van der Waals surface area (Å²) in [6, 6.07) is 2.13. The Morgan fingerprint density at radius 2 is 1.90 bits per heavy atom. The number of imidazole rings is 1. The first-order valence-electron chi connectivity index (χ1n) is 13.1. The number of fused-ring (bicyclic) bond motifs is 1. The number of piperazine rings is 1. The van der Waals surface area contributed by atoms with Crippen molar-refractivity contribution in [3.8, 4) is 6.01 Å². The summed E-state index contributed by atoms with van der Waals surface area (Å²) >= 11 is 0. The van der Waals surface area contributed by atoms with Gasteiger partial charge in [-0.25, -0.2) is 14.5 Å². The smallest absolute Gasteiger partial charge is 0.336 e. The molecule has 0 bridgehead atoms. The predicted molar refractivity (Wildman–Crippen MR) is 154 cm³/mol. The number of aryl methyl sites for hydroxylation is 1. The summed E-state index contributed by atoms with van der Waals surface area (Å²) in [4.78, 5) is 31.8. The maximum Gasteiger partial charge on any atom is 0.336 e. The zero-order valence-corrected chi connectivity index (χ0v) is 23.2. The third-order valence-electron chi connectivity index (χ3n) is 6.67. The molecule has 2 N–H and O–H groups in total. The van der Waals surface area contributed by atoms with Crippen molar-refractivity contribution in [3.63, 3.8) is 0 Å². The fourth-order valence-electron chi connectivity index (χ4n) is 4.70. The Bertz CT molecular complexity index is 1300. The molecule has 0 aromatic carbocycles. The summed E-state index contributed by atoms with van der Waals surface area (Å²) < 4.78 is 7.47. The summed E-state index contributed by atoms with van der Waals surface area (Å²) in [5.41, 5.74) is 9.41. The predicted octanol–water partition coefficient (Wildman–Crippen LogP) is 0.338. The van der Waals surface area contributed by atoms with E-state index in [1.165, 1.54) is 0 Å². The van der Waals surface area contributed by atoms with Gasteiger partial charge in [-0.3, -0.25) is 4.79 Å². The van der Waals surface area contributed by atoms with Crippen molar-refractivity contribution < 1.29 is 9.53 Å². The summed E-state index contributed by atoms with van der Waals surface area (Å²) in [5.74, 6) is 1.25. The van der Waals surface area contributed by atoms with E-state index < -0.39 is 11.2 Å². The number of hydrogen-bond donors (Lipinski definition) is 1. The number of aromatic nitrogens is 5. The van der Waals surface area contributed by atoms with E-state index in [0.717, 1.165) is 42.1 Å². The Labute approximate surface area is 233 Å². The van der Waals surface area contributed by atoms with E-state index >= 15 is 0 Å². The standard InChI is InChI=1S/C25H34B3N9O2/c1-5-6-19(25(26,27)28)39-24-32-21(29)23-31-14-18(37(23)33-24)12-17-11-16(2)22(30-13-17)36-9-7-35(8-10-36)20(38)15-34(3)4/h11,13-14,19H,5-10,12,15H2,1-4H3,(H2,29,32,33). The maximum atomic E-state index is 12.4. The molecule has 200 valence electrons. The first-order valence-corrected chi connectivity index (χ1v) is 13.1. The lowest BCUT2D eigenvalue weighted by molar-refractivity contribution is -0.132. The molecule has 3 aromatic heterocycles. The Kier molecular flexibility index (Phi) is 8.73. The van der Waals surface area contributed by atoms with Crippen LogP contribution in [0.25, 0.3) is 5.65 Å². The molecule has 0 spiro atoms. The normalized spacial score (nSPS) is 15.2. The second-order valence-corrected chi connectivity index (χ2v) is 10.4. The van der Waals surface area contributed by atoms with Crippen LogP contribution in [-0.4, -0.2) is 117 Å². The fourth-order valence-corrected chi connectivity index (χ4v) is 4.70. The number of ether oxygens (including phenoxy) is 1. The molecule has 1 atom stereocenters. The van der Waals surface area contributed by atoms with Crippen molar-refractivity contribution in [1.29, 1.82) is 0 Å². The number of nitrogens with zero attached hydrogens (tertiary/aromatic N) is 8. The van der Waals surface area contributed by atoms with E-state index in [1.54, 1.807) is 10.7 Å². The van der Waals surface area contributed by atoms with Gasteiger partial charge < -0.3 is 25.2 Å². The number of nitrogens with two attached hydrogens (primary N) is 1. The molecule has 1 saturated heterocycles. The molecule has 1 aliphatic heterocycles. The van der Waals surface area contributed by atoms with Gasteiger partial charge >= 0.3 is 6.01 Å². The van der Waals surface area contributed by atoms with Crippen LogP contribution in [0, 0.1) is 6.92 Å². The van der Waals surface area contributed by atoms with E-state index in [9.17, 15) is 4.79 Å². The molecular formula is C25H34B3N9O2. The average Bonchev–Trinajstić information content (AvgIpc) is 3.26. The van der Waals surface area contributed by atoms with Gasteiger partial charge in [0.15, 0.2) is 11.5 Å². The second-order valence-electron chi connectivity index (χ2n) is 10.4. The van der Waals surface area contributed by atoms with Crippen LogP contribution < -0.4 is 15.4 Å². The molecule has 6 radical (unpaired) electrons. The van der Waals surface area contributed by atoms with Crippen LogP contribution in [0.1, 0.15) is 36.6 Å². The fraction of sp³-hybridized carbons (Fsp3) is 0.560. The van der Waals surface area contributed by atoms with E-state index in [-0.39, 0.29) is 17.7 Å². The summed E-state index contributed by atoms with van der Waals surface area (Å²) in [7, 11) is 21.5. The number of likely N-dealkylation sites (N-methyl/N-ethyl adjacent to an activating group) is 1. The van der Waals surface area contributed by atoms with Gasteiger partial charge in [-0.05, 0) is 38.6 Å². The molecule has 3 aromatic rings. The van der Waals surface area contributed by atoms with E-state index in [1.807, 2.05) is 43.9 Å². The van der Waals surface area contributed by atoms with Crippen LogP contribution in [-0.2, 0) is 11.2 Å². The third kappa shape index (κ3) is 6.84. The molecule has 11 nitrogen and oxygen atoms in total. The monoisotopic (exact) mass is 525 g/mol. The van der Waals surface area contributed by atoms with Crippen LogP contribution in [0.5, 0.6) is 6.01 Å². The highest BCUT2D eigenvalue weighted by Gasteiger charge is 2.26. The highest BCUT2D eigenvalue weighted by atomic mass is 16.5. The van der Waals surface area contributed by atoms with Gasteiger partial charge in [0, 0.05) is 38.8 Å². The number of amides is 1. The lowest BCUT2D eigenvalue weighted by Gasteiger charge is -2.36. The van der Waals surface area contributed by atoms with Gasteiger partial charge in [-0.15, -0.1) is 5.10 Å². The van der Waals surface area contributed by atoms with Crippen molar-refractivity contribution in [2.45, 2.75) is 44.3 Å². The van der Waals surface area contributed by atoms with Gasteiger partial charge in [0.2, 0.25) is 5.91 Å². The van der Waals surface area contributed by atoms with Crippen LogP contribution in [0.15, 0.2) is 18.5 Å². The van der Waals surface area contributed by atoms with Gasteiger partial charge in [0.1, 0.15) is 5.82 Å². The van der Waals surface area contributed by atoms with Crippen LogP contribution >= 0.6 is 0 Å². The molecule has 4 heterocycles. The Morgan fingerprint density at radius 3 is 2.51 bits per heavy atom. The van der Waals surface area contributed by atoms with Crippen LogP contribution in [0.4, 0.5) is 11.6 Å². The lowest BCUT2D eigenvalue weighted by atomic mass is 9.40. The molecular weight excluding hydrogens is 491 g/mol. The number of rotatable bonds is 10. The van der Waals surface area contributed by atoms with E-state index in [4.69, 9.17) is 39.0 Å². The van der Waals surface area contributed by atoms with Crippen molar-refractivity contribution in [1.82, 2.24) is 34.4 Å². The van der Waals surface area contributed by atoms with Gasteiger partial charge in [-0.2, -0.15) is 4.98 Å². The molecule has 1 fully saturated rings. The third-order valence-corrected chi connectivity index (χ3v) is 6.67. The number of nitrogen functional groups attached to an aromatic ring is 1. The van der Waals surface area contributed by atoms with Crippen molar-refractivity contribution in [3.05, 3.63) is 35.3 Å². The minimum absolute atomic E-state index is 0.0243. The summed E-state index contributed by atoms with van der Waals surface area (Å²) in [6.07, 6.45) is 4.68. The van der Waals surface area contributed by atoms with Crippen LogP contribution in [0.3, 0.4) is 0 Å². The van der Waals surface area contributed by atoms with Crippen molar-refractivity contribution in [2.75, 3.05) is 57.5 Å². The first kappa shape index (κ1) is 28.7. The van der Waals surface area contributed by atoms with E-state index in [2.05, 4.69) is 26.0 Å². The van der Waals surface area contributed by atoms with E-state index in [0.29, 0.717) is 38.1 Å². The molecule has 1 unspecified atom stereocenters. The SMILES string of the molecule is [B]C([B])([B])C(CCC)Oc1nc(N)c2ncc(Cc3cnc(N4CCN(C(=O)CN(C)C)CC4)c(C)c3)n2n1. The minimum Gasteiger partial charge on any atom is -0.461 e. The molecule has 0 saturated carbocycles. The second kappa shape index (κ2) is 11.9. The van der Waals surface area contributed by atoms with Crippen molar-refractivity contribution in [2.24, 2.45) is 0 Å². The molecule has 1 amide bonds. The van der Waals surface area contributed by atoms with Crippen LogP contribution in [0.2, 0.25) is 5.11 Å². The number of hydrogen-bond acceptors (Lipinski definition) is 9. The largest absolute Gasteiger partial charge is 0.461 e. The summed E-state index contributed by atoms with van der Waals surface area (Å²) in [6.45, 7) is 7.29. The molecule has 4 rings (SSSR count). The lowest BCUT2D eigenvalue weighted by Crippen LogP contribution is -2.51. The average molecular weight is 525 g/mol.